The molecule has 0 atom stereocenters. The molecule has 0 aromatic carbocycles. The summed E-state index contributed by atoms with van der Waals surface area (Å²) in [6, 6.07) is 10.3. The third-order valence-corrected chi connectivity index (χ3v) is 3.24. The minimum Gasteiger partial charge on any atom is -0.312 e. The zero-order valence-corrected chi connectivity index (χ0v) is 9.55. The predicted octanol–water partition coefficient (Wildman–Crippen LogP) is 2.92. The van der Waals surface area contributed by atoms with Crippen LogP contribution in [0.2, 0.25) is 0 Å². The Bertz CT molecular complexity index is 409. The number of pyridine rings is 1. The first-order valence-corrected chi connectivity index (χ1v) is 5.92. The van der Waals surface area contributed by atoms with E-state index in [1.165, 1.54) is 9.75 Å². The lowest BCUT2D eigenvalue weighted by Gasteiger charge is -1.96. The van der Waals surface area contributed by atoms with Crippen molar-refractivity contribution in [3.63, 3.8) is 0 Å². The maximum Gasteiger partial charge on any atom is 0.0801 e. The Labute approximate surface area is 94.0 Å². The van der Waals surface area contributed by atoms with E-state index in [9.17, 15) is 0 Å². The molecule has 0 fully saturated rings. The van der Waals surface area contributed by atoms with Crippen molar-refractivity contribution in [3.05, 3.63) is 41.4 Å². The van der Waals surface area contributed by atoms with E-state index >= 15 is 0 Å². The summed E-state index contributed by atoms with van der Waals surface area (Å²) in [6.07, 6.45) is 1.83. The summed E-state index contributed by atoms with van der Waals surface area (Å²) in [5, 5.41) is 3.32. The molecule has 78 valence electrons. The molecule has 0 amide bonds. The van der Waals surface area contributed by atoms with Gasteiger partial charge in [0.05, 0.1) is 10.6 Å². The van der Waals surface area contributed by atoms with E-state index in [2.05, 4.69) is 29.4 Å². The van der Waals surface area contributed by atoms with Crippen molar-refractivity contribution < 1.29 is 0 Å². The van der Waals surface area contributed by atoms with E-state index in [0.29, 0.717) is 0 Å². The van der Waals surface area contributed by atoms with Crippen LogP contribution in [0, 0.1) is 0 Å². The number of nitrogens with zero attached hydrogens (tertiary/aromatic N) is 1. The fourth-order valence-corrected chi connectivity index (χ4v) is 2.32. The lowest BCUT2D eigenvalue weighted by atomic mass is 10.3. The van der Waals surface area contributed by atoms with Crippen LogP contribution >= 0.6 is 11.3 Å². The SMILES string of the molecule is CCNCc1ccc(-c2ccccn2)s1. The van der Waals surface area contributed by atoms with Crippen LogP contribution in [0.4, 0.5) is 0 Å². The second-order valence-electron chi connectivity index (χ2n) is 3.26. The second kappa shape index (κ2) is 5.05. The van der Waals surface area contributed by atoms with Crippen molar-refractivity contribution in [2.75, 3.05) is 6.54 Å². The van der Waals surface area contributed by atoms with Crippen molar-refractivity contribution in [1.29, 1.82) is 0 Å². The van der Waals surface area contributed by atoms with Crippen molar-refractivity contribution in [3.8, 4) is 10.6 Å². The highest BCUT2D eigenvalue weighted by atomic mass is 32.1. The van der Waals surface area contributed by atoms with Gasteiger partial charge in [0.1, 0.15) is 0 Å². The quantitative estimate of drug-likeness (QED) is 0.853. The van der Waals surface area contributed by atoms with E-state index in [1.807, 2.05) is 24.4 Å². The Morgan fingerprint density at radius 3 is 2.93 bits per heavy atom. The number of thiophene rings is 1. The summed E-state index contributed by atoms with van der Waals surface area (Å²) < 4.78 is 0. The second-order valence-corrected chi connectivity index (χ2v) is 4.43. The lowest BCUT2D eigenvalue weighted by molar-refractivity contribution is 0.735. The Morgan fingerprint density at radius 1 is 1.27 bits per heavy atom. The van der Waals surface area contributed by atoms with Gasteiger partial charge in [-0.25, -0.2) is 0 Å². The number of aromatic nitrogens is 1. The molecular formula is C12H14N2S. The molecule has 2 nitrogen and oxygen atoms in total. The van der Waals surface area contributed by atoms with Gasteiger partial charge in [0.25, 0.3) is 0 Å². The maximum absolute atomic E-state index is 4.33. The standard InChI is InChI=1S/C12H14N2S/c1-2-13-9-10-6-7-12(15-10)11-5-3-4-8-14-11/h3-8,13H,2,9H2,1H3. The van der Waals surface area contributed by atoms with Gasteiger partial charge < -0.3 is 5.32 Å². The molecule has 15 heavy (non-hydrogen) atoms. The Kier molecular flexibility index (Phi) is 3.48. The predicted molar refractivity (Wildman–Crippen MR) is 64.9 cm³/mol. The highest BCUT2D eigenvalue weighted by molar-refractivity contribution is 7.15. The topological polar surface area (TPSA) is 24.9 Å². The Balaban J connectivity index is 2.14. The fourth-order valence-electron chi connectivity index (χ4n) is 1.37. The van der Waals surface area contributed by atoms with Crippen LogP contribution in [0.15, 0.2) is 36.5 Å². The molecule has 0 unspecified atom stereocenters. The monoisotopic (exact) mass is 218 g/mol. The van der Waals surface area contributed by atoms with Crippen molar-refractivity contribution in [2.45, 2.75) is 13.5 Å². The molecule has 0 radical (unpaired) electrons. The maximum atomic E-state index is 4.33. The minimum absolute atomic E-state index is 0.952. The van der Waals surface area contributed by atoms with Gasteiger partial charge in [-0.1, -0.05) is 13.0 Å². The summed E-state index contributed by atoms with van der Waals surface area (Å²) in [6.45, 7) is 4.08. The van der Waals surface area contributed by atoms with Gasteiger partial charge in [0.2, 0.25) is 0 Å². The van der Waals surface area contributed by atoms with Crippen LogP contribution in [0.1, 0.15) is 11.8 Å². The van der Waals surface area contributed by atoms with Gasteiger partial charge in [-0.15, -0.1) is 11.3 Å². The zero-order chi connectivity index (χ0) is 10.5. The van der Waals surface area contributed by atoms with Crippen LogP contribution in [-0.4, -0.2) is 11.5 Å². The number of hydrogen-bond donors (Lipinski definition) is 1. The normalized spacial score (nSPS) is 10.5. The molecule has 0 bridgehead atoms. The Hall–Kier alpha value is -1.19. The molecule has 0 spiro atoms. The summed E-state index contributed by atoms with van der Waals surface area (Å²) in [4.78, 5) is 6.93. The van der Waals surface area contributed by atoms with Crippen LogP contribution in [0.25, 0.3) is 10.6 Å². The largest absolute Gasteiger partial charge is 0.312 e. The molecule has 2 aromatic heterocycles. The molecule has 2 heterocycles. The number of nitrogens with one attached hydrogen (secondary N) is 1. The van der Waals surface area contributed by atoms with Crippen LogP contribution < -0.4 is 5.32 Å². The summed E-state index contributed by atoms with van der Waals surface area (Å²) >= 11 is 1.80. The third-order valence-electron chi connectivity index (χ3n) is 2.13. The van der Waals surface area contributed by atoms with Gasteiger partial charge in [-0.3, -0.25) is 4.98 Å². The smallest absolute Gasteiger partial charge is 0.0801 e. The molecule has 0 aliphatic carbocycles. The minimum atomic E-state index is 0.952. The van der Waals surface area contributed by atoms with Crippen LogP contribution in [0.5, 0.6) is 0 Å². The van der Waals surface area contributed by atoms with Crippen LogP contribution in [0.3, 0.4) is 0 Å². The van der Waals surface area contributed by atoms with E-state index in [-0.39, 0.29) is 0 Å². The molecule has 2 rings (SSSR count). The summed E-state index contributed by atoms with van der Waals surface area (Å²) in [5.41, 5.74) is 1.06. The molecule has 0 aliphatic heterocycles. The fraction of sp³-hybridized carbons (Fsp3) is 0.250. The first-order chi connectivity index (χ1) is 7.40. The summed E-state index contributed by atoms with van der Waals surface area (Å²) in [5.74, 6) is 0. The number of rotatable bonds is 4. The average molecular weight is 218 g/mol. The zero-order valence-electron chi connectivity index (χ0n) is 8.73. The van der Waals surface area contributed by atoms with Gasteiger partial charge >= 0.3 is 0 Å². The lowest BCUT2D eigenvalue weighted by Crippen LogP contribution is -2.10. The molecule has 1 N–H and O–H groups in total. The van der Waals surface area contributed by atoms with E-state index < -0.39 is 0 Å². The highest BCUT2D eigenvalue weighted by Crippen LogP contribution is 2.25. The highest BCUT2D eigenvalue weighted by Gasteiger charge is 2.02. The number of hydrogen-bond acceptors (Lipinski definition) is 3. The average Bonchev–Trinajstić information content (AvgIpc) is 2.76. The van der Waals surface area contributed by atoms with Crippen LogP contribution in [-0.2, 0) is 6.54 Å². The van der Waals surface area contributed by atoms with Crippen molar-refractivity contribution >= 4 is 11.3 Å². The third kappa shape index (κ3) is 2.64. The van der Waals surface area contributed by atoms with Gasteiger partial charge in [0.15, 0.2) is 0 Å². The molecule has 0 saturated heterocycles. The van der Waals surface area contributed by atoms with E-state index in [4.69, 9.17) is 0 Å². The van der Waals surface area contributed by atoms with Crippen molar-refractivity contribution in [2.24, 2.45) is 0 Å². The molecule has 3 heteroatoms. The van der Waals surface area contributed by atoms with Crippen molar-refractivity contribution in [1.82, 2.24) is 10.3 Å². The van der Waals surface area contributed by atoms with E-state index in [1.54, 1.807) is 11.3 Å². The molecule has 0 saturated carbocycles. The molecular weight excluding hydrogens is 204 g/mol. The van der Waals surface area contributed by atoms with Gasteiger partial charge in [-0.2, -0.15) is 0 Å². The van der Waals surface area contributed by atoms with E-state index in [0.717, 1.165) is 18.8 Å². The molecule has 2 aromatic rings. The molecule has 0 aliphatic rings. The Morgan fingerprint density at radius 2 is 2.20 bits per heavy atom. The first kappa shape index (κ1) is 10.3. The van der Waals surface area contributed by atoms with Gasteiger partial charge in [0, 0.05) is 17.6 Å². The van der Waals surface area contributed by atoms with Gasteiger partial charge in [-0.05, 0) is 30.8 Å². The summed E-state index contributed by atoms with van der Waals surface area (Å²) in [7, 11) is 0. The first-order valence-electron chi connectivity index (χ1n) is 5.11.